The van der Waals surface area contributed by atoms with E-state index in [0.29, 0.717) is 13.1 Å². The van der Waals surface area contributed by atoms with Crippen molar-refractivity contribution in [2.75, 3.05) is 39.0 Å². The summed E-state index contributed by atoms with van der Waals surface area (Å²) >= 11 is 0. The number of likely N-dealkylation sites (N-methyl/N-ethyl adjacent to an activating group) is 2. The topological polar surface area (TPSA) is 64.3 Å². The van der Waals surface area contributed by atoms with Crippen molar-refractivity contribution in [3.63, 3.8) is 0 Å². The number of H-pyrrole nitrogens is 1. The number of amides is 2. The molecule has 2 aromatic rings. The van der Waals surface area contributed by atoms with Gasteiger partial charge >= 0.3 is 6.03 Å². The van der Waals surface area contributed by atoms with Crippen molar-refractivity contribution in [2.45, 2.75) is 6.92 Å². The number of hydrogen-bond donors (Lipinski definition) is 2. The Kier molecular flexibility index (Phi) is 5.55. The van der Waals surface area contributed by atoms with Crippen LogP contribution in [0.1, 0.15) is 6.92 Å². The largest absolute Gasteiger partial charge is 0.345 e. The molecule has 0 saturated carbocycles. The number of rotatable bonds is 6. The van der Waals surface area contributed by atoms with Crippen LogP contribution in [0.3, 0.4) is 0 Å². The van der Waals surface area contributed by atoms with Gasteiger partial charge in [0.2, 0.25) is 0 Å². The third-order valence-corrected chi connectivity index (χ3v) is 3.41. The highest BCUT2D eigenvalue weighted by atomic mass is 16.2. The summed E-state index contributed by atoms with van der Waals surface area (Å²) in [5.41, 5.74) is 2.70. The van der Waals surface area contributed by atoms with Crippen LogP contribution in [0.4, 0.5) is 10.5 Å². The molecule has 2 N–H and O–H groups in total. The summed E-state index contributed by atoms with van der Waals surface area (Å²) < 4.78 is 0. The van der Waals surface area contributed by atoms with Gasteiger partial charge < -0.3 is 20.1 Å². The molecule has 0 saturated heterocycles. The van der Waals surface area contributed by atoms with Crippen LogP contribution in [0.25, 0.3) is 11.3 Å². The molecule has 0 radical (unpaired) electrons. The van der Waals surface area contributed by atoms with E-state index in [1.54, 1.807) is 17.4 Å². The SMILES string of the molecule is CCN(CCN(C)C)C(=O)Nc1cccc(-c2cnc[nH]2)c1. The molecule has 22 heavy (non-hydrogen) atoms. The molecule has 2 amide bonds. The van der Waals surface area contributed by atoms with E-state index in [1.807, 2.05) is 45.3 Å². The Morgan fingerprint density at radius 3 is 2.77 bits per heavy atom. The van der Waals surface area contributed by atoms with Crippen LogP contribution in [0.5, 0.6) is 0 Å². The lowest BCUT2D eigenvalue weighted by Gasteiger charge is -2.23. The number of aromatic amines is 1. The summed E-state index contributed by atoms with van der Waals surface area (Å²) in [5, 5.41) is 2.95. The Hall–Kier alpha value is -2.34. The van der Waals surface area contributed by atoms with Gasteiger partial charge in [0.15, 0.2) is 0 Å². The third-order valence-electron chi connectivity index (χ3n) is 3.41. The summed E-state index contributed by atoms with van der Waals surface area (Å²) in [6.07, 6.45) is 3.40. The minimum absolute atomic E-state index is 0.0777. The van der Waals surface area contributed by atoms with Crippen LogP contribution >= 0.6 is 0 Å². The highest BCUT2D eigenvalue weighted by Crippen LogP contribution is 2.20. The fraction of sp³-hybridized carbons (Fsp3) is 0.375. The maximum atomic E-state index is 12.3. The molecular weight excluding hydrogens is 278 g/mol. The second kappa shape index (κ2) is 7.61. The average molecular weight is 301 g/mol. The summed E-state index contributed by atoms with van der Waals surface area (Å²) in [4.78, 5) is 23.3. The van der Waals surface area contributed by atoms with E-state index in [4.69, 9.17) is 0 Å². The molecule has 0 spiro atoms. The molecule has 118 valence electrons. The van der Waals surface area contributed by atoms with Crippen LogP contribution in [0.15, 0.2) is 36.8 Å². The van der Waals surface area contributed by atoms with Crippen LogP contribution in [0.2, 0.25) is 0 Å². The van der Waals surface area contributed by atoms with E-state index in [1.165, 1.54) is 0 Å². The number of nitrogens with zero attached hydrogens (tertiary/aromatic N) is 3. The zero-order chi connectivity index (χ0) is 15.9. The van der Waals surface area contributed by atoms with Crippen molar-refractivity contribution in [3.8, 4) is 11.3 Å². The number of aromatic nitrogens is 2. The number of urea groups is 1. The normalized spacial score (nSPS) is 10.7. The maximum absolute atomic E-state index is 12.3. The standard InChI is InChI=1S/C16H23N5O/c1-4-21(9-8-20(2)3)16(22)19-14-7-5-6-13(10-14)15-11-17-12-18-15/h5-7,10-12H,4,8-9H2,1-3H3,(H,17,18)(H,19,22). The van der Waals surface area contributed by atoms with Crippen molar-refractivity contribution in [3.05, 3.63) is 36.8 Å². The summed E-state index contributed by atoms with van der Waals surface area (Å²) in [6, 6.07) is 7.64. The van der Waals surface area contributed by atoms with E-state index < -0.39 is 0 Å². The van der Waals surface area contributed by atoms with Crippen molar-refractivity contribution in [1.82, 2.24) is 19.8 Å². The smallest absolute Gasteiger partial charge is 0.321 e. The van der Waals surface area contributed by atoms with Crippen LogP contribution < -0.4 is 5.32 Å². The van der Waals surface area contributed by atoms with Gasteiger partial charge in [-0.15, -0.1) is 0 Å². The Morgan fingerprint density at radius 1 is 1.32 bits per heavy atom. The highest BCUT2D eigenvalue weighted by Gasteiger charge is 2.12. The number of nitrogens with one attached hydrogen (secondary N) is 2. The molecule has 0 aliphatic carbocycles. The molecule has 6 nitrogen and oxygen atoms in total. The number of anilines is 1. The summed E-state index contributed by atoms with van der Waals surface area (Å²) in [7, 11) is 4.00. The van der Waals surface area contributed by atoms with Crippen molar-refractivity contribution < 1.29 is 4.79 Å². The van der Waals surface area contributed by atoms with E-state index in [-0.39, 0.29) is 6.03 Å². The van der Waals surface area contributed by atoms with Crippen LogP contribution in [-0.2, 0) is 0 Å². The van der Waals surface area contributed by atoms with Crippen molar-refractivity contribution in [1.29, 1.82) is 0 Å². The van der Waals surface area contributed by atoms with E-state index in [0.717, 1.165) is 23.5 Å². The van der Waals surface area contributed by atoms with Gasteiger partial charge in [0.05, 0.1) is 18.2 Å². The Bertz CT molecular complexity index is 594. The van der Waals surface area contributed by atoms with Gasteiger partial charge in [0.25, 0.3) is 0 Å². The molecule has 6 heteroatoms. The highest BCUT2D eigenvalue weighted by molar-refractivity contribution is 5.90. The van der Waals surface area contributed by atoms with Gasteiger partial charge in [-0.1, -0.05) is 12.1 Å². The number of carbonyl (C=O) groups is 1. The van der Waals surface area contributed by atoms with Crippen molar-refractivity contribution >= 4 is 11.7 Å². The van der Waals surface area contributed by atoms with Crippen molar-refractivity contribution in [2.24, 2.45) is 0 Å². The zero-order valence-corrected chi connectivity index (χ0v) is 13.3. The number of carbonyl (C=O) groups excluding carboxylic acids is 1. The van der Waals surface area contributed by atoms with Gasteiger partial charge in [0, 0.05) is 30.9 Å². The maximum Gasteiger partial charge on any atom is 0.321 e. The minimum Gasteiger partial charge on any atom is -0.345 e. The predicted molar refractivity (Wildman–Crippen MR) is 88.8 cm³/mol. The second-order valence-corrected chi connectivity index (χ2v) is 5.36. The first kappa shape index (κ1) is 16.0. The van der Waals surface area contributed by atoms with Gasteiger partial charge in [-0.2, -0.15) is 0 Å². The molecule has 1 heterocycles. The van der Waals surface area contributed by atoms with Gasteiger partial charge in [-0.25, -0.2) is 9.78 Å². The molecule has 1 aromatic carbocycles. The summed E-state index contributed by atoms with van der Waals surface area (Å²) in [6.45, 7) is 4.21. The van der Waals surface area contributed by atoms with E-state index >= 15 is 0 Å². The quantitative estimate of drug-likeness (QED) is 0.861. The molecule has 0 unspecified atom stereocenters. The molecule has 0 aliphatic rings. The van der Waals surface area contributed by atoms with E-state index in [9.17, 15) is 4.79 Å². The molecule has 1 aromatic heterocycles. The lowest BCUT2D eigenvalue weighted by molar-refractivity contribution is 0.208. The molecule has 0 aliphatic heterocycles. The second-order valence-electron chi connectivity index (χ2n) is 5.36. The Labute approximate surface area is 131 Å². The molecular formula is C16H23N5O. The predicted octanol–water partition coefficient (Wildman–Crippen LogP) is 2.49. The fourth-order valence-electron chi connectivity index (χ4n) is 2.10. The zero-order valence-electron chi connectivity index (χ0n) is 13.3. The fourth-order valence-corrected chi connectivity index (χ4v) is 2.10. The molecule has 0 atom stereocenters. The number of imidazole rings is 1. The first-order valence-corrected chi connectivity index (χ1v) is 7.39. The monoisotopic (exact) mass is 301 g/mol. The number of hydrogen-bond acceptors (Lipinski definition) is 3. The van der Waals surface area contributed by atoms with Gasteiger partial charge in [-0.3, -0.25) is 0 Å². The summed E-state index contributed by atoms with van der Waals surface area (Å²) in [5.74, 6) is 0. The minimum atomic E-state index is -0.0777. The average Bonchev–Trinajstić information content (AvgIpc) is 3.02. The molecule has 2 rings (SSSR count). The Balaban J connectivity index is 2.03. The lowest BCUT2D eigenvalue weighted by atomic mass is 10.1. The first-order chi connectivity index (χ1) is 10.6. The Morgan fingerprint density at radius 2 is 2.14 bits per heavy atom. The van der Waals surface area contributed by atoms with Crippen LogP contribution in [0, 0.1) is 0 Å². The third kappa shape index (κ3) is 4.33. The molecule has 0 fully saturated rings. The van der Waals surface area contributed by atoms with Crippen LogP contribution in [-0.4, -0.2) is 59.5 Å². The van der Waals surface area contributed by atoms with Gasteiger partial charge in [0.1, 0.15) is 0 Å². The number of benzene rings is 1. The first-order valence-electron chi connectivity index (χ1n) is 7.39. The van der Waals surface area contributed by atoms with E-state index in [2.05, 4.69) is 20.2 Å². The molecule has 0 bridgehead atoms. The van der Waals surface area contributed by atoms with Gasteiger partial charge in [-0.05, 0) is 33.2 Å². The lowest BCUT2D eigenvalue weighted by Crippen LogP contribution is -2.39.